The Morgan fingerprint density at radius 1 is 1.41 bits per heavy atom. The smallest absolute Gasteiger partial charge is 0.220 e. The summed E-state index contributed by atoms with van der Waals surface area (Å²) in [6.07, 6.45) is 5.48. The number of aliphatic hydroxyl groups excluding tert-OH is 1. The summed E-state index contributed by atoms with van der Waals surface area (Å²) in [5.74, 6) is 0.867. The molecule has 3 nitrogen and oxygen atoms in total. The first-order valence-corrected chi connectivity index (χ1v) is 6.80. The van der Waals surface area contributed by atoms with Crippen molar-refractivity contribution in [3.05, 3.63) is 0 Å². The first-order valence-electron chi connectivity index (χ1n) is 6.80. The average molecular weight is 241 g/mol. The van der Waals surface area contributed by atoms with Gasteiger partial charge in [0.2, 0.25) is 5.91 Å². The maximum atomic E-state index is 11.7. The van der Waals surface area contributed by atoms with Crippen molar-refractivity contribution < 1.29 is 9.90 Å². The summed E-state index contributed by atoms with van der Waals surface area (Å²) in [7, 11) is 0. The van der Waals surface area contributed by atoms with Gasteiger partial charge in [-0.25, -0.2) is 0 Å². The maximum absolute atomic E-state index is 11.7. The van der Waals surface area contributed by atoms with Crippen molar-refractivity contribution >= 4 is 5.91 Å². The Balaban J connectivity index is 2.19. The zero-order chi connectivity index (χ0) is 12.9. The van der Waals surface area contributed by atoms with Gasteiger partial charge in [0, 0.05) is 19.6 Å². The number of aliphatic hydroxyl groups is 1. The highest BCUT2D eigenvalue weighted by Crippen LogP contribution is 2.38. The third kappa shape index (κ3) is 5.53. The molecule has 0 bridgehead atoms. The van der Waals surface area contributed by atoms with Gasteiger partial charge in [0.15, 0.2) is 0 Å². The number of carbonyl (C=O) groups excluding carboxylic acids is 1. The summed E-state index contributed by atoms with van der Waals surface area (Å²) >= 11 is 0. The minimum absolute atomic E-state index is 0.137. The Hall–Kier alpha value is -0.570. The lowest BCUT2D eigenvalue weighted by molar-refractivity contribution is -0.122. The van der Waals surface area contributed by atoms with E-state index < -0.39 is 0 Å². The van der Waals surface area contributed by atoms with Gasteiger partial charge in [0.05, 0.1) is 0 Å². The molecule has 0 heterocycles. The van der Waals surface area contributed by atoms with Crippen LogP contribution in [0.2, 0.25) is 0 Å². The molecule has 1 saturated carbocycles. The first kappa shape index (κ1) is 14.5. The summed E-state index contributed by atoms with van der Waals surface area (Å²) in [4.78, 5) is 11.7. The van der Waals surface area contributed by atoms with Gasteiger partial charge in [-0.1, -0.05) is 20.8 Å². The summed E-state index contributed by atoms with van der Waals surface area (Å²) in [5.41, 5.74) is 0.471. The van der Waals surface area contributed by atoms with E-state index in [-0.39, 0.29) is 18.4 Å². The minimum atomic E-state index is 0.137. The molecule has 0 spiro atoms. The Bertz CT molecular complexity index is 241. The van der Waals surface area contributed by atoms with E-state index in [1.165, 1.54) is 25.7 Å². The second kappa shape index (κ2) is 6.39. The summed E-state index contributed by atoms with van der Waals surface area (Å²) in [5, 5.41) is 11.8. The molecule has 1 atom stereocenters. The second-order valence-corrected chi connectivity index (χ2v) is 6.40. The monoisotopic (exact) mass is 241 g/mol. The zero-order valence-corrected chi connectivity index (χ0v) is 11.5. The van der Waals surface area contributed by atoms with E-state index in [1.807, 2.05) is 6.92 Å². The standard InChI is InChI=1S/C14H27NO2/c1-11(10-16)9-15-13(17)8-12-4-6-14(2,3)7-5-12/h11-12,16H,4-10H2,1-3H3,(H,15,17). The van der Waals surface area contributed by atoms with E-state index >= 15 is 0 Å². The predicted molar refractivity (Wildman–Crippen MR) is 69.6 cm³/mol. The molecule has 0 aromatic carbocycles. The molecular formula is C14H27NO2. The fourth-order valence-corrected chi connectivity index (χ4v) is 2.35. The third-order valence-electron chi connectivity index (χ3n) is 3.89. The van der Waals surface area contributed by atoms with E-state index in [2.05, 4.69) is 19.2 Å². The van der Waals surface area contributed by atoms with Crippen LogP contribution in [0.15, 0.2) is 0 Å². The average Bonchev–Trinajstić information content (AvgIpc) is 2.29. The lowest BCUT2D eigenvalue weighted by Gasteiger charge is -2.34. The molecule has 100 valence electrons. The van der Waals surface area contributed by atoms with Gasteiger partial charge in [-0.3, -0.25) is 4.79 Å². The zero-order valence-electron chi connectivity index (χ0n) is 11.5. The third-order valence-corrected chi connectivity index (χ3v) is 3.89. The molecule has 17 heavy (non-hydrogen) atoms. The van der Waals surface area contributed by atoms with Gasteiger partial charge in [0.1, 0.15) is 0 Å². The van der Waals surface area contributed by atoms with Crippen LogP contribution < -0.4 is 5.32 Å². The van der Waals surface area contributed by atoms with Crippen molar-refractivity contribution in [2.45, 2.75) is 52.9 Å². The molecule has 0 radical (unpaired) electrons. The summed E-state index contributed by atoms with van der Waals surface area (Å²) < 4.78 is 0. The predicted octanol–water partition coefficient (Wildman–Crippen LogP) is 2.34. The number of amides is 1. The molecule has 1 aliphatic rings. The SMILES string of the molecule is CC(CO)CNC(=O)CC1CCC(C)(C)CC1. The highest BCUT2D eigenvalue weighted by molar-refractivity contribution is 5.76. The molecule has 0 aromatic heterocycles. The van der Waals surface area contributed by atoms with E-state index in [0.29, 0.717) is 24.3 Å². The van der Waals surface area contributed by atoms with Crippen LogP contribution in [0.4, 0.5) is 0 Å². The van der Waals surface area contributed by atoms with Crippen LogP contribution >= 0.6 is 0 Å². The van der Waals surface area contributed by atoms with Crippen molar-refractivity contribution in [1.82, 2.24) is 5.32 Å². The van der Waals surface area contributed by atoms with Crippen LogP contribution in [0.1, 0.15) is 52.9 Å². The van der Waals surface area contributed by atoms with E-state index in [4.69, 9.17) is 5.11 Å². The van der Waals surface area contributed by atoms with Crippen molar-refractivity contribution in [3.8, 4) is 0 Å². The lowest BCUT2D eigenvalue weighted by Crippen LogP contribution is -2.32. The first-order chi connectivity index (χ1) is 7.93. The topological polar surface area (TPSA) is 49.3 Å². The van der Waals surface area contributed by atoms with Gasteiger partial charge >= 0.3 is 0 Å². The van der Waals surface area contributed by atoms with Gasteiger partial charge in [-0.2, -0.15) is 0 Å². The molecule has 3 heteroatoms. The molecule has 0 aromatic rings. The van der Waals surface area contributed by atoms with Crippen molar-refractivity contribution in [2.24, 2.45) is 17.3 Å². The number of nitrogens with one attached hydrogen (secondary N) is 1. The van der Waals surface area contributed by atoms with Crippen LogP contribution in [0.25, 0.3) is 0 Å². The molecule has 1 aliphatic carbocycles. The van der Waals surface area contributed by atoms with Crippen molar-refractivity contribution in [3.63, 3.8) is 0 Å². The fourth-order valence-electron chi connectivity index (χ4n) is 2.35. The Kier molecular flexibility index (Phi) is 5.44. The Labute approximate surface area is 105 Å². The van der Waals surface area contributed by atoms with Crippen LogP contribution in [0.3, 0.4) is 0 Å². The van der Waals surface area contributed by atoms with Gasteiger partial charge < -0.3 is 10.4 Å². The molecular weight excluding hydrogens is 214 g/mol. The van der Waals surface area contributed by atoms with Crippen molar-refractivity contribution in [2.75, 3.05) is 13.2 Å². The summed E-state index contributed by atoms with van der Waals surface area (Å²) in [6, 6.07) is 0. The second-order valence-electron chi connectivity index (χ2n) is 6.40. The molecule has 2 N–H and O–H groups in total. The summed E-state index contributed by atoms with van der Waals surface area (Å²) in [6.45, 7) is 7.29. The number of rotatable bonds is 5. The fraction of sp³-hybridized carbons (Fsp3) is 0.929. The quantitative estimate of drug-likeness (QED) is 0.776. The lowest BCUT2D eigenvalue weighted by atomic mass is 9.72. The number of carbonyl (C=O) groups is 1. The number of hydrogen-bond donors (Lipinski definition) is 2. The van der Waals surface area contributed by atoms with E-state index in [0.717, 1.165) is 0 Å². The Morgan fingerprint density at radius 2 is 2.00 bits per heavy atom. The van der Waals surface area contributed by atoms with Crippen LogP contribution in [0, 0.1) is 17.3 Å². The largest absolute Gasteiger partial charge is 0.396 e. The number of hydrogen-bond acceptors (Lipinski definition) is 2. The van der Waals surface area contributed by atoms with Crippen LogP contribution in [0.5, 0.6) is 0 Å². The van der Waals surface area contributed by atoms with Gasteiger partial charge in [0.25, 0.3) is 0 Å². The highest BCUT2D eigenvalue weighted by Gasteiger charge is 2.27. The molecule has 1 unspecified atom stereocenters. The van der Waals surface area contributed by atoms with Crippen LogP contribution in [-0.2, 0) is 4.79 Å². The minimum Gasteiger partial charge on any atom is -0.396 e. The van der Waals surface area contributed by atoms with Gasteiger partial charge in [-0.15, -0.1) is 0 Å². The van der Waals surface area contributed by atoms with E-state index in [1.54, 1.807) is 0 Å². The highest BCUT2D eigenvalue weighted by atomic mass is 16.3. The molecule has 0 aliphatic heterocycles. The van der Waals surface area contributed by atoms with Crippen LogP contribution in [-0.4, -0.2) is 24.2 Å². The van der Waals surface area contributed by atoms with E-state index in [9.17, 15) is 4.79 Å². The molecule has 1 amide bonds. The molecule has 0 saturated heterocycles. The molecule has 1 rings (SSSR count). The normalized spacial score (nSPS) is 22.1. The van der Waals surface area contributed by atoms with Gasteiger partial charge in [-0.05, 0) is 42.9 Å². The Morgan fingerprint density at radius 3 is 2.53 bits per heavy atom. The molecule has 1 fully saturated rings. The maximum Gasteiger partial charge on any atom is 0.220 e. The van der Waals surface area contributed by atoms with Crippen molar-refractivity contribution in [1.29, 1.82) is 0 Å².